The van der Waals surface area contributed by atoms with Crippen molar-refractivity contribution >= 4 is 35.6 Å². The molecule has 0 atom stereocenters. The van der Waals surface area contributed by atoms with Crippen LogP contribution >= 0.6 is 12.2 Å². The topological polar surface area (TPSA) is 44.5 Å². The summed E-state index contributed by atoms with van der Waals surface area (Å²) in [7, 11) is 0. The fourth-order valence-electron chi connectivity index (χ4n) is 1.91. The number of pyridine rings is 1. The van der Waals surface area contributed by atoms with Gasteiger partial charge in [-0.1, -0.05) is 18.7 Å². The zero-order valence-electron chi connectivity index (χ0n) is 9.60. The summed E-state index contributed by atoms with van der Waals surface area (Å²) in [5.74, 6) is 0. The molecule has 0 bridgehead atoms. The lowest BCUT2D eigenvalue weighted by Gasteiger charge is -1.97. The van der Waals surface area contributed by atoms with Gasteiger partial charge in [0.2, 0.25) is 0 Å². The van der Waals surface area contributed by atoms with Crippen LogP contribution in [0.2, 0.25) is 0 Å². The minimum absolute atomic E-state index is 0.594. The summed E-state index contributed by atoms with van der Waals surface area (Å²) < 4.78 is 0.594. The van der Waals surface area contributed by atoms with E-state index in [1.165, 1.54) is 5.39 Å². The Morgan fingerprint density at radius 1 is 1.17 bits per heavy atom. The summed E-state index contributed by atoms with van der Waals surface area (Å²) in [6.45, 7) is 3.91. The number of H-pyrrole nitrogens is 2. The normalized spacial score (nSPS) is 12.1. The molecule has 2 N–H and O–H groups in total. The molecular formula is C14H11N3S. The molecule has 3 nitrogen and oxygen atoms in total. The second-order valence-corrected chi connectivity index (χ2v) is 4.51. The summed E-state index contributed by atoms with van der Waals surface area (Å²) in [5.41, 5.74) is 1.10. The molecule has 88 valence electrons. The monoisotopic (exact) mass is 253 g/mol. The van der Waals surface area contributed by atoms with Gasteiger partial charge >= 0.3 is 0 Å². The van der Waals surface area contributed by atoms with Gasteiger partial charge in [-0.05, 0) is 41.4 Å². The fourth-order valence-corrected chi connectivity index (χ4v) is 2.15. The van der Waals surface area contributed by atoms with Gasteiger partial charge in [-0.15, -0.1) is 0 Å². The van der Waals surface area contributed by atoms with E-state index < -0.39 is 0 Å². The van der Waals surface area contributed by atoms with E-state index in [-0.39, 0.29) is 0 Å². The van der Waals surface area contributed by atoms with Crippen molar-refractivity contribution in [3.63, 3.8) is 0 Å². The number of hydrogen-bond acceptors (Lipinski definition) is 2. The maximum Gasteiger partial charge on any atom is 0.175 e. The number of benzene rings is 1. The number of nitrogens with zero attached hydrogens (tertiary/aromatic N) is 1. The zero-order chi connectivity index (χ0) is 12.5. The van der Waals surface area contributed by atoms with E-state index in [0.29, 0.717) is 4.77 Å². The smallest absolute Gasteiger partial charge is 0.175 e. The van der Waals surface area contributed by atoms with Crippen molar-refractivity contribution in [2.45, 2.75) is 0 Å². The largest absolute Gasteiger partial charge is 0.331 e. The zero-order valence-corrected chi connectivity index (χ0v) is 10.4. The number of imidazole rings is 1. The molecule has 0 amide bonds. The Hall–Kier alpha value is -2.20. The van der Waals surface area contributed by atoms with Crippen LogP contribution < -0.4 is 10.7 Å². The molecule has 18 heavy (non-hydrogen) atoms. The highest BCUT2D eigenvalue weighted by atomic mass is 32.1. The van der Waals surface area contributed by atoms with Gasteiger partial charge in [-0.2, -0.15) is 0 Å². The second-order valence-electron chi connectivity index (χ2n) is 4.10. The lowest BCUT2D eigenvalue weighted by atomic mass is 10.1. The van der Waals surface area contributed by atoms with Gasteiger partial charge in [0.25, 0.3) is 0 Å². The molecule has 1 aromatic carbocycles. The summed E-state index contributed by atoms with van der Waals surface area (Å²) >= 11 is 5.03. The Bertz CT molecular complexity index is 874. The molecule has 0 saturated heterocycles. The van der Waals surface area contributed by atoms with Crippen LogP contribution in [0.3, 0.4) is 0 Å². The number of rotatable bonds is 1. The van der Waals surface area contributed by atoms with Crippen molar-refractivity contribution < 1.29 is 0 Å². The first-order valence-corrected chi connectivity index (χ1v) is 5.96. The quantitative estimate of drug-likeness (QED) is 0.650. The molecule has 0 unspecified atom stereocenters. The Morgan fingerprint density at radius 3 is 2.83 bits per heavy atom. The molecule has 0 aliphatic carbocycles. The van der Waals surface area contributed by atoms with Crippen LogP contribution in [0.5, 0.6) is 0 Å². The van der Waals surface area contributed by atoms with E-state index in [9.17, 15) is 0 Å². The van der Waals surface area contributed by atoms with Crippen molar-refractivity contribution in [2.24, 2.45) is 0 Å². The first-order chi connectivity index (χ1) is 8.72. The van der Waals surface area contributed by atoms with Crippen molar-refractivity contribution in [1.82, 2.24) is 15.0 Å². The molecule has 0 spiro atoms. The molecule has 0 radical (unpaired) electrons. The van der Waals surface area contributed by atoms with Gasteiger partial charge < -0.3 is 9.97 Å². The molecule has 0 aliphatic rings. The Balaban J connectivity index is 2.21. The van der Waals surface area contributed by atoms with Gasteiger partial charge in [0.1, 0.15) is 0 Å². The molecule has 2 heterocycles. The van der Waals surface area contributed by atoms with E-state index in [2.05, 4.69) is 33.7 Å². The van der Waals surface area contributed by atoms with E-state index in [4.69, 9.17) is 12.2 Å². The summed E-state index contributed by atoms with van der Waals surface area (Å²) in [6.07, 6.45) is 5.67. The minimum atomic E-state index is 0.594. The second kappa shape index (κ2) is 4.23. The number of aromatic amines is 2. The predicted molar refractivity (Wildman–Crippen MR) is 76.1 cm³/mol. The van der Waals surface area contributed by atoms with Crippen LogP contribution in [0.15, 0.2) is 36.7 Å². The van der Waals surface area contributed by atoms with Crippen molar-refractivity contribution in [3.8, 4) is 0 Å². The van der Waals surface area contributed by atoms with Crippen LogP contribution in [0.4, 0.5) is 0 Å². The number of fused-ring (bicyclic) bond motifs is 1. The van der Waals surface area contributed by atoms with E-state index in [0.717, 1.165) is 21.6 Å². The van der Waals surface area contributed by atoms with Crippen molar-refractivity contribution in [3.05, 3.63) is 57.7 Å². The Morgan fingerprint density at radius 2 is 2.06 bits per heavy atom. The summed E-state index contributed by atoms with van der Waals surface area (Å²) in [6, 6.07) is 8.21. The van der Waals surface area contributed by atoms with Crippen LogP contribution in [-0.4, -0.2) is 15.0 Å². The van der Waals surface area contributed by atoms with Gasteiger partial charge in [-0.3, -0.25) is 4.98 Å². The van der Waals surface area contributed by atoms with Crippen LogP contribution in [0.1, 0.15) is 5.56 Å². The molecule has 2 aromatic heterocycles. The van der Waals surface area contributed by atoms with Crippen LogP contribution in [-0.2, 0) is 0 Å². The number of nitrogens with one attached hydrogen (secondary N) is 2. The maximum atomic E-state index is 5.03. The average Bonchev–Trinajstić information content (AvgIpc) is 2.68. The molecule has 0 aliphatic heterocycles. The first kappa shape index (κ1) is 10.9. The van der Waals surface area contributed by atoms with Gasteiger partial charge in [0, 0.05) is 17.8 Å². The Labute approximate surface area is 109 Å². The standard InChI is InChI=1S/C14H11N3S/c1-9-13(17-14(18)16-9)7-10-2-3-12-8-15-5-4-11(12)6-10/h2-8H,1H2,(H2,16,17,18)/b13-7-. The first-order valence-electron chi connectivity index (χ1n) is 5.55. The molecule has 0 saturated carbocycles. The third-order valence-corrected chi connectivity index (χ3v) is 3.02. The van der Waals surface area contributed by atoms with Crippen molar-refractivity contribution in [2.75, 3.05) is 0 Å². The highest BCUT2D eigenvalue weighted by Crippen LogP contribution is 2.14. The molecule has 3 rings (SSSR count). The molecule has 4 heteroatoms. The van der Waals surface area contributed by atoms with E-state index in [1.54, 1.807) is 6.20 Å². The lowest BCUT2D eigenvalue weighted by Crippen LogP contribution is -2.22. The lowest BCUT2D eigenvalue weighted by molar-refractivity contribution is 1.24. The molecular weight excluding hydrogens is 242 g/mol. The highest BCUT2D eigenvalue weighted by Gasteiger charge is 1.94. The third-order valence-electron chi connectivity index (χ3n) is 2.81. The molecule has 0 fully saturated rings. The van der Waals surface area contributed by atoms with Gasteiger partial charge in [0.05, 0.1) is 10.7 Å². The van der Waals surface area contributed by atoms with Crippen LogP contribution in [0.25, 0.3) is 23.4 Å². The summed E-state index contributed by atoms with van der Waals surface area (Å²) in [5, 5.41) is 4.01. The Kier molecular flexibility index (Phi) is 2.57. The number of aromatic nitrogens is 3. The van der Waals surface area contributed by atoms with Crippen molar-refractivity contribution in [1.29, 1.82) is 0 Å². The maximum absolute atomic E-state index is 5.03. The van der Waals surface area contributed by atoms with Gasteiger partial charge in [0.15, 0.2) is 4.77 Å². The number of hydrogen-bond donors (Lipinski definition) is 2. The van der Waals surface area contributed by atoms with Gasteiger partial charge in [-0.25, -0.2) is 0 Å². The highest BCUT2D eigenvalue weighted by molar-refractivity contribution is 7.71. The minimum Gasteiger partial charge on any atom is -0.331 e. The fraction of sp³-hybridized carbons (Fsp3) is 0. The average molecular weight is 253 g/mol. The predicted octanol–water partition coefficient (Wildman–Crippen LogP) is 1.86. The van der Waals surface area contributed by atoms with E-state index >= 15 is 0 Å². The molecule has 3 aromatic rings. The van der Waals surface area contributed by atoms with Crippen LogP contribution in [0, 0.1) is 4.77 Å². The SMILES string of the molecule is C=c1[nH]c(=S)[nH]/c1=C\c1ccc2cnccc2c1. The third kappa shape index (κ3) is 1.98. The summed E-state index contributed by atoms with van der Waals surface area (Å²) in [4.78, 5) is 10.1. The van der Waals surface area contributed by atoms with E-state index in [1.807, 2.05) is 24.4 Å².